The van der Waals surface area contributed by atoms with Gasteiger partial charge in [0, 0.05) is 24.7 Å². The summed E-state index contributed by atoms with van der Waals surface area (Å²) in [6.45, 7) is 4.40. The van der Waals surface area contributed by atoms with E-state index >= 15 is 0 Å². The van der Waals surface area contributed by atoms with Gasteiger partial charge in [-0.05, 0) is 60.1 Å². The van der Waals surface area contributed by atoms with Crippen LogP contribution in [0.25, 0.3) is 10.9 Å². The summed E-state index contributed by atoms with van der Waals surface area (Å²) in [4.78, 5) is 4.55. The van der Waals surface area contributed by atoms with Crippen LogP contribution < -0.4 is 5.32 Å². The van der Waals surface area contributed by atoms with Gasteiger partial charge in [-0.2, -0.15) is 0 Å². The van der Waals surface area contributed by atoms with E-state index in [9.17, 15) is 0 Å². The smallest absolute Gasteiger partial charge is 0.0705 e. The van der Waals surface area contributed by atoms with Crippen LogP contribution in [0.4, 0.5) is 0 Å². The molecule has 0 spiro atoms. The van der Waals surface area contributed by atoms with Crippen molar-refractivity contribution in [1.29, 1.82) is 0 Å². The third-order valence-corrected chi connectivity index (χ3v) is 4.25. The van der Waals surface area contributed by atoms with Crippen molar-refractivity contribution in [3.63, 3.8) is 0 Å². The van der Waals surface area contributed by atoms with Crippen molar-refractivity contribution < 1.29 is 0 Å². The second-order valence-electron chi connectivity index (χ2n) is 5.47. The third-order valence-electron chi connectivity index (χ3n) is 4.25. The number of hydrogen-bond acceptors (Lipinski definition) is 2. The fraction of sp³-hybridized carbons (Fsp3) is 0.400. The van der Waals surface area contributed by atoms with Crippen LogP contribution in [0.5, 0.6) is 0 Å². The first kappa shape index (κ1) is 9.60. The number of rotatable bonds is 0. The van der Waals surface area contributed by atoms with Crippen LogP contribution in [-0.4, -0.2) is 18.1 Å². The number of pyridine rings is 1. The molecule has 2 nitrogen and oxygen atoms in total. The molecule has 1 fully saturated rings. The van der Waals surface area contributed by atoms with Crippen molar-refractivity contribution >= 4 is 10.9 Å². The Bertz CT molecular complexity index is 603. The molecule has 86 valence electrons. The van der Waals surface area contributed by atoms with Crippen LogP contribution in [0.15, 0.2) is 24.4 Å². The van der Waals surface area contributed by atoms with Crippen molar-refractivity contribution in [3.8, 4) is 0 Å². The van der Waals surface area contributed by atoms with Crippen LogP contribution in [0.1, 0.15) is 34.9 Å². The summed E-state index contributed by atoms with van der Waals surface area (Å²) in [7, 11) is 0. The Morgan fingerprint density at radius 1 is 1.12 bits per heavy atom. The first-order valence-corrected chi connectivity index (χ1v) is 6.42. The molecule has 0 saturated carbocycles. The summed E-state index contributed by atoms with van der Waals surface area (Å²) >= 11 is 0. The van der Waals surface area contributed by atoms with E-state index in [1.807, 2.05) is 6.20 Å². The average molecular weight is 224 g/mol. The van der Waals surface area contributed by atoms with Gasteiger partial charge in [0.15, 0.2) is 0 Å². The van der Waals surface area contributed by atoms with E-state index < -0.39 is 0 Å². The molecule has 0 radical (unpaired) electrons. The molecule has 1 N–H and O–H groups in total. The minimum atomic E-state index is 0.719. The second-order valence-corrected chi connectivity index (χ2v) is 5.47. The number of benzene rings is 1. The monoisotopic (exact) mass is 224 g/mol. The predicted octanol–water partition coefficient (Wildman–Crippen LogP) is 2.72. The van der Waals surface area contributed by atoms with E-state index in [0.717, 1.165) is 30.4 Å². The number of piperidine rings is 1. The van der Waals surface area contributed by atoms with Gasteiger partial charge in [0.05, 0.1) is 5.52 Å². The van der Waals surface area contributed by atoms with Gasteiger partial charge in [0.1, 0.15) is 0 Å². The SMILES string of the molecule is Cc1cnc2cc3c(cc2c1)C1CNCC3C1. The minimum Gasteiger partial charge on any atom is -0.316 e. The Morgan fingerprint density at radius 3 is 2.71 bits per heavy atom. The quantitative estimate of drug-likeness (QED) is 0.744. The van der Waals surface area contributed by atoms with Crippen LogP contribution in [0.2, 0.25) is 0 Å². The lowest BCUT2D eigenvalue weighted by molar-refractivity contribution is 0.454. The fourth-order valence-corrected chi connectivity index (χ4v) is 3.44. The maximum absolute atomic E-state index is 4.55. The van der Waals surface area contributed by atoms with E-state index in [1.54, 1.807) is 11.1 Å². The summed E-state index contributed by atoms with van der Waals surface area (Å²) in [5, 5.41) is 4.84. The maximum atomic E-state index is 4.55. The van der Waals surface area contributed by atoms with Gasteiger partial charge in [0.25, 0.3) is 0 Å². The van der Waals surface area contributed by atoms with Crippen LogP contribution in [-0.2, 0) is 0 Å². The zero-order valence-electron chi connectivity index (χ0n) is 10.0. The van der Waals surface area contributed by atoms with Gasteiger partial charge in [-0.3, -0.25) is 4.98 Å². The molecule has 2 atom stereocenters. The van der Waals surface area contributed by atoms with E-state index in [-0.39, 0.29) is 0 Å². The highest BCUT2D eigenvalue weighted by Crippen LogP contribution is 2.44. The normalized spacial score (nSPS) is 26.2. The highest BCUT2D eigenvalue weighted by Gasteiger charge is 2.34. The number of aryl methyl sites for hydroxylation is 1. The summed E-state index contributed by atoms with van der Waals surface area (Å²) < 4.78 is 0. The summed E-state index contributed by atoms with van der Waals surface area (Å²) in [5.74, 6) is 1.45. The Kier molecular flexibility index (Phi) is 1.86. The molecule has 2 unspecified atom stereocenters. The Morgan fingerprint density at radius 2 is 1.88 bits per heavy atom. The molecule has 2 bridgehead atoms. The predicted molar refractivity (Wildman–Crippen MR) is 69.4 cm³/mol. The highest BCUT2D eigenvalue weighted by molar-refractivity contribution is 5.81. The van der Waals surface area contributed by atoms with E-state index in [4.69, 9.17) is 0 Å². The van der Waals surface area contributed by atoms with Crippen molar-refractivity contribution in [2.75, 3.05) is 13.1 Å². The zero-order valence-corrected chi connectivity index (χ0v) is 10.0. The molecule has 1 aliphatic carbocycles. The maximum Gasteiger partial charge on any atom is 0.0705 e. The zero-order chi connectivity index (χ0) is 11.4. The molecule has 17 heavy (non-hydrogen) atoms. The molecule has 2 aliphatic rings. The van der Waals surface area contributed by atoms with Crippen molar-refractivity contribution in [1.82, 2.24) is 10.3 Å². The molecule has 1 aromatic carbocycles. The number of nitrogens with zero attached hydrogens (tertiary/aromatic N) is 1. The Hall–Kier alpha value is -1.41. The molecular formula is C15H16N2. The van der Waals surface area contributed by atoms with Crippen LogP contribution in [0, 0.1) is 6.92 Å². The van der Waals surface area contributed by atoms with E-state index in [1.165, 1.54) is 17.4 Å². The molecule has 2 heterocycles. The van der Waals surface area contributed by atoms with E-state index in [0.29, 0.717) is 0 Å². The first-order chi connectivity index (χ1) is 8.31. The van der Waals surface area contributed by atoms with Crippen molar-refractivity contribution in [2.24, 2.45) is 0 Å². The number of hydrogen-bond donors (Lipinski definition) is 1. The molecule has 2 aromatic rings. The summed E-state index contributed by atoms with van der Waals surface area (Å²) in [5.41, 5.74) is 5.52. The second kappa shape index (κ2) is 3.30. The van der Waals surface area contributed by atoms with Gasteiger partial charge in [-0.25, -0.2) is 0 Å². The van der Waals surface area contributed by atoms with E-state index in [2.05, 4.69) is 35.4 Å². The summed E-state index contributed by atoms with van der Waals surface area (Å²) in [6.07, 6.45) is 3.30. The molecule has 0 amide bonds. The van der Waals surface area contributed by atoms with Crippen LogP contribution in [0.3, 0.4) is 0 Å². The van der Waals surface area contributed by atoms with Gasteiger partial charge < -0.3 is 5.32 Å². The lowest BCUT2D eigenvalue weighted by Crippen LogP contribution is -2.28. The average Bonchev–Trinajstić information content (AvgIpc) is 2.59. The lowest BCUT2D eigenvalue weighted by atomic mass is 9.98. The topological polar surface area (TPSA) is 24.9 Å². The number of fused-ring (bicyclic) bond motifs is 6. The lowest BCUT2D eigenvalue weighted by Gasteiger charge is -2.19. The van der Waals surface area contributed by atoms with Crippen molar-refractivity contribution in [3.05, 3.63) is 41.1 Å². The largest absolute Gasteiger partial charge is 0.316 e. The van der Waals surface area contributed by atoms with Gasteiger partial charge in [-0.1, -0.05) is 0 Å². The van der Waals surface area contributed by atoms with Gasteiger partial charge >= 0.3 is 0 Å². The Labute approximate surface area is 101 Å². The standard InChI is InChI=1S/C15H16N2/c1-9-2-10-4-13-11-3-12(8-16-7-11)14(13)5-15(10)17-6-9/h2,4-6,11-12,16H,3,7-8H2,1H3. The first-order valence-electron chi connectivity index (χ1n) is 6.42. The summed E-state index contributed by atoms with van der Waals surface area (Å²) in [6, 6.07) is 6.95. The molecular weight excluding hydrogens is 208 g/mol. The molecule has 2 heteroatoms. The number of aromatic nitrogens is 1. The number of nitrogens with one attached hydrogen (secondary N) is 1. The highest BCUT2D eigenvalue weighted by atomic mass is 14.9. The van der Waals surface area contributed by atoms with Crippen LogP contribution >= 0.6 is 0 Å². The molecule has 4 rings (SSSR count). The molecule has 1 aliphatic heterocycles. The van der Waals surface area contributed by atoms with Crippen molar-refractivity contribution in [2.45, 2.75) is 25.2 Å². The fourth-order valence-electron chi connectivity index (χ4n) is 3.44. The molecule has 1 saturated heterocycles. The molecule has 1 aromatic heterocycles. The minimum absolute atomic E-state index is 0.719. The van der Waals surface area contributed by atoms with Gasteiger partial charge in [-0.15, -0.1) is 0 Å². The Balaban J connectivity index is 1.99. The third kappa shape index (κ3) is 1.34. The van der Waals surface area contributed by atoms with Gasteiger partial charge in [0.2, 0.25) is 0 Å².